The monoisotopic (exact) mass is 545 g/mol. The summed E-state index contributed by atoms with van der Waals surface area (Å²) in [6.07, 6.45) is 2.82. The summed E-state index contributed by atoms with van der Waals surface area (Å²) in [5, 5.41) is 2.84. The Balaban J connectivity index is 1.89. The summed E-state index contributed by atoms with van der Waals surface area (Å²) in [6, 6.07) is 6.71. The second-order valence-electron chi connectivity index (χ2n) is 8.03. The number of nitrogens with one attached hydrogen (secondary N) is 2. The van der Waals surface area contributed by atoms with Gasteiger partial charge < -0.3 is 16.0 Å². The molecule has 0 spiro atoms. The van der Waals surface area contributed by atoms with Gasteiger partial charge in [0.1, 0.15) is 5.82 Å². The van der Waals surface area contributed by atoms with E-state index in [2.05, 4.69) is 20.3 Å². The zero-order valence-electron chi connectivity index (χ0n) is 19.6. The second-order valence-corrected chi connectivity index (χ2v) is 8.44. The molecule has 4 N–H and O–H groups in total. The van der Waals surface area contributed by atoms with Crippen LogP contribution in [0.25, 0.3) is 0 Å². The predicted molar refractivity (Wildman–Crippen MR) is 137 cm³/mol. The number of nitrogens with two attached hydrogens (primary N) is 1. The molecule has 0 unspecified atom stereocenters. The lowest BCUT2D eigenvalue weighted by Crippen LogP contribution is -2.43. The molecule has 0 radical (unpaired) electrons. The molecule has 2 aromatic carbocycles. The Morgan fingerprint density at radius 1 is 1.05 bits per heavy atom. The quantitative estimate of drug-likeness (QED) is 0.185. The molecule has 38 heavy (non-hydrogen) atoms. The van der Waals surface area contributed by atoms with Gasteiger partial charge in [-0.1, -0.05) is 17.7 Å². The average molecular weight is 546 g/mol. The Labute approximate surface area is 216 Å². The van der Waals surface area contributed by atoms with Crippen molar-refractivity contribution in [2.24, 2.45) is 4.99 Å². The van der Waals surface area contributed by atoms with E-state index in [9.17, 15) is 27.6 Å². The second kappa shape index (κ2) is 10.8. The molecule has 0 aliphatic carbocycles. The van der Waals surface area contributed by atoms with Gasteiger partial charge in [0.05, 0.1) is 23.8 Å². The van der Waals surface area contributed by atoms with Gasteiger partial charge in [-0.2, -0.15) is 4.98 Å². The summed E-state index contributed by atoms with van der Waals surface area (Å²) < 4.78 is 43.4. The van der Waals surface area contributed by atoms with E-state index in [-0.39, 0.29) is 22.2 Å². The topological polar surface area (TPSA) is 140 Å². The maximum absolute atomic E-state index is 14.5. The zero-order valence-corrected chi connectivity index (χ0v) is 20.4. The van der Waals surface area contributed by atoms with Gasteiger partial charge in [-0.25, -0.2) is 27.3 Å². The Morgan fingerprint density at radius 3 is 2.47 bits per heavy atom. The highest BCUT2D eigenvalue weighted by atomic mass is 35.5. The fourth-order valence-corrected chi connectivity index (χ4v) is 3.80. The van der Waals surface area contributed by atoms with Gasteiger partial charge >= 0.3 is 11.4 Å². The smallest absolute Gasteiger partial charge is 0.355 e. The molecule has 0 fully saturated rings. The molecule has 0 saturated heterocycles. The Hall–Kier alpha value is -4.65. The van der Waals surface area contributed by atoms with E-state index in [1.165, 1.54) is 43.7 Å². The summed E-state index contributed by atoms with van der Waals surface area (Å²) in [4.78, 5) is 48.7. The molecule has 4 rings (SSSR count). The number of pyridine rings is 1. The first-order chi connectivity index (χ1) is 18.1. The minimum atomic E-state index is -1.41. The first kappa shape index (κ1) is 26.4. The summed E-state index contributed by atoms with van der Waals surface area (Å²) in [5.74, 6) is -4.27. The molecule has 2 aromatic heterocycles. The Morgan fingerprint density at radius 2 is 1.76 bits per heavy atom. The van der Waals surface area contributed by atoms with Gasteiger partial charge in [0.25, 0.3) is 5.56 Å². The van der Waals surface area contributed by atoms with Crippen molar-refractivity contribution < 1.29 is 13.2 Å². The van der Waals surface area contributed by atoms with Crippen LogP contribution in [0.15, 0.2) is 62.0 Å². The number of aromatic amines is 1. The number of aliphatic imine (C=N–C) groups is 1. The number of nitrogens with zero attached hydrogens (tertiary/aromatic N) is 4. The van der Waals surface area contributed by atoms with Crippen LogP contribution in [-0.2, 0) is 13.1 Å². The van der Waals surface area contributed by atoms with Crippen LogP contribution in [0, 0.1) is 17.5 Å². The third-order valence-corrected chi connectivity index (χ3v) is 5.80. The lowest BCUT2D eigenvalue weighted by molar-refractivity contribution is 0.485. The van der Waals surface area contributed by atoms with Crippen molar-refractivity contribution in [2.45, 2.75) is 13.1 Å². The van der Waals surface area contributed by atoms with Crippen LogP contribution in [-0.4, -0.2) is 32.4 Å². The first-order valence-electron chi connectivity index (χ1n) is 10.9. The van der Waals surface area contributed by atoms with Gasteiger partial charge in [-0.05, 0) is 24.3 Å². The van der Waals surface area contributed by atoms with Crippen molar-refractivity contribution in [1.29, 1.82) is 0 Å². The predicted octanol–water partition coefficient (Wildman–Crippen LogP) is 2.64. The number of benzene rings is 2. The molecule has 196 valence electrons. The highest BCUT2D eigenvalue weighted by Crippen LogP contribution is 2.29. The van der Waals surface area contributed by atoms with Gasteiger partial charge in [0.15, 0.2) is 11.6 Å². The molecule has 0 saturated carbocycles. The number of halogens is 4. The number of anilines is 3. The van der Waals surface area contributed by atoms with Crippen LogP contribution in [0.4, 0.5) is 30.5 Å². The van der Waals surface area contributed by atoms with E-state index < -0.39 is 53.0 Å². The normalized spacial score (nSPS) is 11.3. The van der Waals surface area contributed by atoms with Crippen LogP contribution in [0.5, 0.6) is 0 Å². The fourth-order valence-electron chi connectivity index (χ4n) is 3.58. The van der Waals surface area contributed by atoms with Crippen LogP contribution >= 0.6 is 11.6 Å². The van der Waals surface area contributed by atoms with Crippen molar-refractivity contribution in [3.05, 3.63) is 113 Å². The maximum Gasteiger partial charge on any atom is 0.355 e. The van der Waals surface area contributed by atoms with Crippen molar-refractivity contribution >= 4 is 35.1 Å². The van der Waals surface area contributed by atoms with Crippen molar-refractivity contribution in [3.63, 3.8) is 0 Å². The summed E-state index contributed by atoms with van der Waals surface area (Å²) in [6.45, 7) is -1.11. The van der Waals surface area contributed by atoms with Crippen molar-refractivity contribution in [1.82, 2.24) is 19.1 Å². The van der Waals surface area contributed by atoms with E-state index >= 15 is 0 Å². The minimum absolute atomic E-state index is 0.0739. The maximum atomic E-state index is 14.5. The first-order valence-corrected chi connectivity index (χ1v) is 11.3. The lowest BCUT2D eigenvalue weighted by Gasteiger charge is -2.17. The molecule has 0 bridgehead atoms. The molecule has 0 aliphatic rings. The number of nitrogen functional groups attached to an aromatic ring is 1. The lowest BCUT2D eigenvalue weighted by atomic mass is 10.1. The number of aromatic nitrogens is 4. The zero-order chi connectivity index (χ0) is 27.6. The van der Waals surface area contributed by atoms with Crippen LogP contribution in [0.3, 0.4) is 0 Å². The highest BCUT2D eigenvalue weighted by Gasteiger charge is 2.19. The summed E-state index contributed by atoms with van der Waals surface area (Å²) in [5.41, 5.74) is 3.93. The minimum Gasteiger partial charge on any atom is -0.398 e. The average Bonchev–Trinajstić information content (AvgIpc) is 2.86. The molecular formula is C24H19ClF3N7O3. The van der Waals surface area contributed by atoms with E-state index in [1.807, 2.05) is 0 Å². The van der Waals surface area contributed by atoms with Gasteiger partial charge in [0, 0.05) is 47.9 Å². The number of hydrogen-bond donors (Lipinski definition) is 3. The van der Waals surface area contributed by atoms with E-state index in [0.29, 0.717) is 28.0 Å². The molecule has 0 amide bonds. The van der Waals surface area contributed by atoms with E-state index in [0.717, 1.165) is 4.57 Å². The van der Waals surface area contributed by atoms with E-state index in [4.69, 9.17) is 17.3 Å². The summed E-state index contributed by atoms with van der Waals surface area (Å²) in [7, 11) is 1.52. The third kappa shape index (κ3) is 5.37. The molecule has 0 atom stereocenters. The highest BCUT2D eigenvalue weighted by molar-refractivity contribution is 6.33. The van der Waals surface area contributed by atoms with Gasteiger partial charge in [-0.15, -0.1) is 0 Å². The number of rotatable bonds is 7. The molecule has 4 aromatic rings. The van der Waals surface area contributed by atoms with Crippen LogP contribution in [0.1, 0.15) is 16.7 Å². The van der Waals surface area contributed by atoms with Gasteiger partial charge in [0.2, 0.25) is 5.95 Å². The Bertz CT molecular complexity index is 1750. The standard InChI is InChI=1S/C24H19ClF3N7O3/c1-30-9-13-6-20(15(25)7-19(13)29)32-22-33-23(37)35(10-12-3-2-4-31-21(12)36)24(38)34(22)11-14-5-17(27)18(28)8-16(14)26/h2-9H,10-11,29H2,1H3,(H,31,36)(H,32,33,37). The largest absolute Gasteiger partial charge is 0.398 e. The van der Waals surface area contributed by atoms with Gasteiger partial charge in [-0.3, -0.25) is 14.4 Å². The third-order valence-electron chi connectivity index (χ3n) is 5.48. The molecule has 14 heteroatoms. The van der Waals surface area contributed by atoms with Crippen LogP contribution < -0.4 is 28.0 Å². The fraction of sp³-hybridized carbons (Fsp3) is 0.125. The number of H-pyrrole nitrogens is 1. The molecule has 2 heterocycles. The SMILES string of the molecule is CN=Cc1cc(Nc2nc(=O)n(Cc3ccc[nH]c3=O)c(=O)n2Cc2cc(F)c(F)cc2F)c(Cl)cc1N. The van der Waals surface area contributed by atoms with Crippen molar-refractivity contribution in [2.75, 3.05) is 18.1 Å². The molecular weight excluding hydrogens is 527 g/mol. The van der Waals surface area contributed by atoms with Crippen molar-refractivity contribution in [3.8, 4) is 0 Å². The van der Waals surface area contributed by atoms with Crippen LogP contribution in [0.2, 0.25) is 5.02 Å². The molecule has 0 aliphatic heterocycles. The number of hydrogen-bond acceptors (Lipinski definition) is 7. The Kier molecular flexibility index (Phi) is 7.48. The van der Waals surface area contributed by atoms with E-state index in [1.54, 1.807) is 0 Å². The summed E-state index contributed by atoms with van der Waals surface area (Å²) >= 11 is 6.29. The molecule has 10 nitrogen and oxygen atoms in total.